The van der Waals surface area contributed by atoms with E-state index in [1.807, 2.05) is 0 Å². The molecule has 0 heterocycles. The molecular formula is C19H19BrF3NO4. The lowest BCUT2D eigenvalue weighted by atomic mass is 10.0. The summed E-state index contributed by atoms with van der Waals surface area (Å²) < 4.78 is 50.8. The topological polar surface area (TPSA) is 59.0 Å². The molecular weight excluding hydrogens is 443 g/mol. The molecule has 152 valence electrons. The van der Waals surface area contributed by atoms with Crippen molar-refractivity contribution >= 4 is 27.7 Å². The Balaban J connectivity index is 2.42. The molecule has 1 N–H and O–H groups in total. The van der Waals surface area contributed by atoms with Gasteiger partial charge in [0.2, 0.25) is 0 Å². The largest absolute Gasteiger partial charge is 0.488 e. The van der Waals surface area contributed by atoms with Crippen LogP contribution in [0.1, 0.15) is 29.2 Å². The van der Waals surface area contributed by atoms with Crippen molar-refractivity contribution in [2.75, 3.05) is 12.2 Å². The highest BCUT2D eigenvalue weighted by molar-refractivity contribution is 9.10. The molecule has 0 unspecified atom stereocenters. The minimum Gasteiger partial charge on any atom is -0.488 e. The maximum absolute atomic E-state index is 13.5. The fourth-order valence-corrected chi connectivity index (χ4v) is 3.14. The second kappa shape index (κ2) is 8.83. The fraction of sp³-hybridized carbons (Fsp3) is 0.316. The van der Waals surface area contributed by atoms with Crippen molar-refractivity contribution in [3.8, 4) is 5.75 Å². The Hall–Kier alpha value is -2.26. The van der Waals surface area contributed by atoms with Gasteiger partial charge in [0.25, 0.3) is 0 Å². The summed E-state index contributed by atoms with van der Waals surface area (Å²) in [7, 11) is 1.09. The molecule has 28 heavy (non-hydrogen) atoms. The Morgan fingerprint density at radius 3 is 2.54 bits per heavy atom. The predicted octanol–water partition coefficient (Wildman–Crippen LogP) is 5.88. The van der Waals surface area contributed by atoms with Crippen LogP contribution in [0.4, 0.5) is 23.7 Å². The van der Waals surface area contributed by atoms with Gasteiger partial charge in [-0.3, -0.25) is 5.21 Å². The zero-order valence-electron chi connectivity index (χ0n) is 15.4. The molecule has 2 aromatic rings. The third-order valence-corrected chi connectivity index (χ3v) is 4.91. The highest BCUT2D eigenvalue weighted by Crippen LogP contribution is 2.39. The normalized spacial score (nSPS) is 11.3. The van der Waals surface area contributed by atoms with Crippen LogP contribution in [-0.2, 0) is 23.9 Å². The Kier molecular flexibility index (Phi) is 6.95. The van der Waals surface area contributed by atoms with Crippen molar-refractivity contribution in [2.24, 2.45) is 0 Å². The molecule has 0 spiro atoms. The monoisotopic (exact) mass is 461 g/mol. The molecule has 2 rings (SSSR count). The summed E-state index contributed by atoms with van der Waals surface area (Å²) in [5, 5.41) is 10.3. The summed E-state index contributed by atoms with van der Waals surface area (Å²) in [6, 6.07) is 7.00. The number of anilines is 1. The number of carbonyl (C=O) groups is 1. The van der Waals surface area contributed by atoms with E-state index in [1.54, 1.807) is 26.0 Å². The number of amides is 1. The van der Waals surface area contributed by atoms with Gasteiger partial charge in [-0.2, -0.15) is 18.2 Å². The molecule has 0 aliphatic rings. The highest BCUT2D eigenvalue weighted by Gasteiger charge is 2.35. The SMILES string of the molecule is CCc1cc(C(F)(F)F)c(OCc2c(Br)cccc2N(O)C(=O)OC)cc1C. The molecule has 0 saturated heterocycles. The van der Waals surface area contributed by atoms with Crippen LogP contribution in [0.25, 0.3) is 0 Å². The smallest absolute Gasteiger partial charge is 0.438 e. The predicted molar refractivity (Wildman–Crippen MR) is 101 cm³/mol. The minimum atomic E-state index is -4.58. The van der Waals surface area contributed by atoms with Gasteiger partial charge < -0.3 is 9.47 Å². The number of hydrogen-bond acceptors (Lipinski definition) is 4. The number of hydrogen-bond donors (Lipinski definition) is 1. The first-order valence-electron chi connectivity index (χ1n) is 8.28. The van der Waals surface area contributed by atoms with Crippen LogP contribution in [-0.4, -0.2) is 18.4 Å². The maximum Gasteiger partial charge on any atom is 0.438 e. The van der Waals surface area contributed by atoms with Gasteiger partial charge in [0.1, 0.15) is 12.4 Å². The van der Waals surface area contributed by atoms with E-state index < -0.39 is 17.8 Å². The van der Waals surface area contributed by atoms with Gasteiger partial charge >= 0.3 is 12.3 Å². The molecule has 0 bridgehead atoms. The van der Waals surface area contributed by atoms with Crippen LogP contribution in [0, 0.1) is 6.92 Å². The van der Waals surface area contributed by atoms with E-state index >= 15 is 0 Å². The van der Waals surface area contributed by atoms with Crippen LogP contribution in [0.3, 0.4) is 0 Å². The summed E-state index contributed by atoms with van der Waals surface area (Å²) in [5.41, 5.74) is 0.680. The van der Waals surface area contributed by atoms with Gasteiger partial charge in [-0.1, -0.05) is 28.9 Å². The first-order valence-corrected chi connectivity index (χ1v) is 9.07. The Labute approximate surface area is 168 Å². The van der Waals surface area contributed by atoms with Crippen LogP contribution in [0.2, 0.25) is 0 Å². The number of rotatable bonds is 5. The number of ether oxygens (including phenoxy) is 2. The number of hydroxylamine groups is 1. The van der Waals surface area contributed by atoms with Crippen molar-refractivity contribution in [1.82, 2.24) is 0 Å². The third-order valence-electron chi connectivity index (χ3n) is 4.17. The van der Waals surface area contributed by atoms with E-state index in [0.29, 0.717) is 22.0 Å². The summed E-state index contributed by atoms with van der Waals surface area (Å²) in [6.07, 6.45) is -5.17. The van der Waals surface area contributed by atoms with Gasteiger partial charge in [-0.15, -0.1) is 0 Å². The quantitative estimate of drug-likeness (QED) is 0.446. The summed E-state index contributed by atoms with van der Waals surface area (Å²) in [4.78, 5) is 11.6. The molecule has 0 aliphatic carbocycles. The first kappa shape index (κ1) is 22.0. The van der Waals surface area contributed by atoms with Crippen molar-refractivity contribution in [3.05, 3.63) is 57.1 Å². The Morgan fingerprint density at radius 1 is 1.29 bits per heavy atom. The Bertz CT molecular complexity index is 871. The van der Waals surface area contributed by atoms with Gasteiger partial charge in [-0.25, -0.2) is 4.79 Å². The number of benzene rings is 2. The van der Waals surface area contributed by atoms with Crippen LogP contribution in [0.15, 0.2) is 34.8 Å². The van der Waals surface area contributed by atoms with Crippen molar-refractivity contribution in [1.29, 1.82) is 0 Å². The number of carbonyl (C=O) groups excluding carboxylic acids is 1. The molecule has 0 aromatic heterocycles. The molecule has 0 atom stereocenters. The number of nitrogens with zero attached hydrogens (tertiary/aromatic N) is 1. The average molecular weight is 462 g/mol. The summed E-state index contributed by atoms with van der Waals surface area (Å²) >= 11 is 3.26. The van der Waals surface area contributed by atoms with Crippen molar-refractivity contribution < 1.29 is 32.6 Å². The zero-order valence-corrected chi connectivity index (χ0v) is 17.0. The molecule has 1 amide bonds. The summed E-state index contributed by atoms with van der Waals surface area (Å²) in [6.45, 7) is 3.17. The highest BCUT2D eigenvalue weighted by atomic mass is 79.9. The molecule has 0 fully saturated rings. The lowest BCUT2D eigenvalue weighted by molar-refractivity contribution is -0.139. The first-order chi connectivity index (χ1) is 13.1. The number of alkyl halides is 3. The van der Waals surface area contributed by atoms with Gasteiger partial charge in [0, 0.05) is 10.0 Å². The van der Waals surface area contributed by atoms with Crippen molar-refractivity contribution in [2.45, 2.75) is 33.1 Å². The van der Waals surface area contributed by atoms with E-state index in [-0.39, 0.29) is 28.7 Å². The van der Waals surface area contributed by atoms with E-state index in [2.05, 4.69) is 20.7 Å². The fourth-order valence-electron chi connectivity index (χ4n) is 2.67. The maximum atomic E-state index is 13.5. The van der Waals surface area contributed by atoms with E-state index in [4.69, 9.17) is 4.74 Å². The van der Waals surface area contributed by atoms with Gasteiger partial charge in [0.15, 0.2) is 0 Å². The molecule has 9 heteroatoms. The number of halogens is 4. The molecule has 0 radical (unpaired) electrons. The van der Waals surface area contributed by atoms with E-state index in [0.717, 1.165) is 13.2 Å². The van der Waals surface area contributed by atoms with Crippen LogP contribution < -0.4 is 9.80 Å². The summed E-state index contributed by atoms with van der Waals surface area (Å²) in [5.74, 6) is -0.327. The standard InChI is InChI=1S/C19H19BrF3NO4/c1-4-12-9-14(19(21,22)23)17(8-11(12)2)28-10-13-15(20)6-5-7-16(13)24(26)18(25)27-3/h5-9,26H,4,10H2,1-3H3. The Morgan fingerprint density at radius 2 is 1.96 bits per heavy atom. The lowest BCUT2D eigenvalue weighted by Crippen LogP contribution is -2.28. The molecule has 0 saturated carbocycles. The second-order valence-corrected chi connectivity index (χ2v) is 6.79. The molecule has 0 aliphatic heterocycles. The van der Waals surface area contributed by atoms with Crippen molar-refractivity contribution in [3.63, 3.8) is 0 Å². The molecule has 2 aromatic carbocycles. The van der Waals surface area contributed by atoms with E-state index in [1.165, 1.54) is 12.1 Å². The van der Waals surface area contributed by atoms with Gasteiger partial charge in [-0.05, 0) is 48.7 Å². The lowest BCUT2D eigenvalue weighted by Gasteiger charge is -2.20. The van der Waals surface area contributed by atoms with Crippen LogP contribution in [0.5, 0.6) is 5.75 Å². The minimum absolute atomic E-state index is 0.0247. The second-order valence-electron chi connectivity index (χ2n) is 5.93. The van der Waals surface area contributed by atoms with Gasteiger partial charge in [0.05, 0.1) is 18.4 Å². The van der Waals surface area contributed by atoms with E-state index in [9.17, 15) is 23.2 Å². The number of methoxy groups -OCH3 is 1. The van der Waals surface area contributed by atoms with Crippen LogP contribution >= 0.6 is 15.9 Å². The molecule has 5 nitrogen and oxygen atoms in total. The third kappa shape index (κ3) is 4.77. The zero-order chi connectivity index (χ0) is 21.1. The average Bonchev–Trinajstić information content (AvgIpc) is 2.64. The number of aryl methyl sites for hydroxylation is 2.